The predicted molar refractivity (Wildman–Crippen MR) is 72.7 cm³/mol. The number of amides is 1. The van der Waals surface area contributed by atoms with Gasteiger partial charge >= 0.3 is 0 Å². The third-order valence-electron chi connectivity index (χ3n) is 2.95. The van der Waals surface area contributed by atoms with E-state index in [1.165, 1.54) is 0 Å². The van der Waals surface area contributed by atoms with E-state index >= 15 is 0 Å². The number of fused-ring (bicyclic) bond motifs is 1. The number of hydrogen-bond acceptors (Lipinski definition) is 3. The van der Waals surface area contributed by atoms with E-state index < -0.39 is 0 Å². The van der Waals surface area contributed by atoms with E-state index in [4.69, 9.17) is 0 Å². The first-order valence-electron chi connectivity index (χ1n) is 6.05. The summed E-state index contributed by atoms with van der Waals surface area (Å²) in [6, 6.07) is 5.59. The van der Waals surface area contributed by atoms with Gasteiger partial charge in [-0.15, -0.1) is 0 Å². The number of rotatable bonds is 4. The topological polar surface area (TPSA) is 86.5 Å². The number of para-hydroxylation sites is 1. The normalized spacial score (nSPS) is 10.8. The molecule has 6 heteroatoms. The summed E-state index contributed by atoms with van der Waals surface area (Å²) in [7, 11) is 0. The Balaban J connectivity index is 2.10. The minimum atomic E-state index is 0.647. The Hall–Kier alpha value is -2.63. The van der Waals surface area contributed by atoms with Crippen LogP contribution in [0.1, 0.15) is 12.7 Å². The molecule has 0 bridgehead atoms. The predicted octanol–water partition coefficient (Wildman–Crippen LogP) is 2.08. The molecule has 0 saturated carbocycles. The Labute approximate surface area is 109 Å². The standard InChI is InChI=1S/C13H13N5O/c1-2-11-14-6-10(16-11)13-17-9-5-3-4-8(15-7-19)12(9)18-13/h3-7H,2H2,1H3,(H,14,16)(H,15,19)(H,17,18). The number of hydrogen-bond donors (Lipinski definition) is 3. The molecule has 3 rings (SSSR count). The molecule has 1 aromatic carbocycles. The van der Waals surface area contributed by atoms with Gasteiger partial charge in [-0.25, -0.2) is 9.97 Å². The van der Waals surface area contributed by atoms with Crippen LogP contribution in [0, 0.1) is 0 Å². The van der Waals surface area contributed by atoms with Gasteiger partial charge in [-0.1, -0.05) is 13.0 Å². The van der Waals surface area contributed by atoms with Gasteiger partial charge in [-0.3, -0.25) is 4.79 Å². The van der Waals surface area contributed by atoms with Gasteiger partial charge in [-0.2, -0.15) is 0 Å². The zero-order valence-corrected chi connectivity index (χ0v) is 10.4. The zero-order chi connectivity index (χ0) is 13.2. The van der Waals surface area contributed by atoms with E-state index in [0.717, 1.165) is 29.0 Å². The average Bonchev–Trinajstić information content (AvgIpc) is 3.05. The van der Waals surface area contributed by atoms with E-state index in [2.05, 4.69) is 25.3 Å². The van der Waals surface area contributed by atoms with Crippen LogP contribution in [0.3, 0.4) is 0 Å². The first kappa shape index (κ1) is 11.5. The summed E-state index contributed by atoms with van der Waals surface area (Å²) < 4.78 is 0. The number of aryl methyl sites for hydroxylation is 1. The molecule has 0 atom stereocenters. The first-order chi connectivity index (χ1) is 9.31. The molecule has 0 aliphatic carbocycles. The minimum absolute atomic E-state index is 0.647. The van der Waals surface area contributed by atoms with Crippen LogP contribution in [0.15, 0.2) is 24.4 Å². The van der Waals surface area contributed by atoms with E-state index in [-0.39, 0.29) is 0 Å². The van der Waals surface area contributed by atoms with Crippen molar-refractivity contribution in [3.8, 4) is 11.5 Å². The van der Waals surface area contributed by atoms with E-state index in [0.29, 0.717) is 17.9 Å². The molecule has 0 aliphatic heterocycles. The molecule has 2 aromatic heterocycles. The maximum atomic E-state index is 10.6. The van der Waals surface area contributed by atoms with Crippen molar-refractivity contribution in [1.82, 2.24) is 19.9 Å². The van der Waals surface area contributed by atoms with Gasteiger partial charge < -0.3 is 15.3 Å². The van der Waals surface area contributed by atoms with Crippen LogP contribution >= 0.6 is 0 Å². The van der Waals surface area contributed by atoms with Gasteiger partial charge in [0.1, 0.15) is 17.0 Å². The van der Waals surface area contributed by atoms with Crippen molar-refractivity contribution in [1.29, 1.82) is 0 Å². The number of nitrogens with one attached hydrogen (secondary N) is 3. The lowest BCUT2D eigenvalue weighted by Gasteiger charge is -1.97. The van der Waals surface area contributed by atoms with Gasteiger partial charge in [-0.05, 0) is 12.1 Å². The number of benzene rings is 1. The molecule has 96 valence electrons. The number of H-pyrrole nitrogens is 2. The molecular formula is C13H13N5O. The highest BCUT2D eigenvalue weighted by Crippen LogP contribution is 2.24. The van der Waals surface area contributed by atoms with E-state index in [1.807, 2.05) is 25.1 Å². The fourth-order valence-corrected chi connectivity index (χ4v) is 2.00. The fraction of sp³-hybridized carbons (Fsp3) is 0.154. The smallest absolute Gasteiger partial charge is 0.211 e. The molecule has 19 heavy (non-hydrogen) atoms. The molecule has 6 nitrogen and oxygen atoms in total. The summed E-state index contributed by atoms with van der Waals surface area (Å²) in [5.74, 6) is 1.63. The third kappa shape index (κ3) is 1.97. The first-order valence-corrected chi connectivity index (χ1v) is 6.05. The molecule has 1 amide bonds. The number of anilines is 1. The molecule has 3 aromatic rings. The van der Waals surface area contributed by atoms with Crippen molar-refractivity contribution in [3.05, 3.63) is 30.2 Å². The summed E-state index contributed by atoms with van der Waals surface area (Å²) >= 11 is 0. The second-order valence-electron chi connectivity index (χ2n) is 4.15. The molecule has 0 radical (unpaired) electrons. The van der Waals surface area contributed by atoms with Crippen LogP contribution in [0.5, 0.6) is 0 Å². The lowest BCUT2D eigenvalue weighted by Crippen LogP contribution is -1.94. The number of aromatic amines is 2. The highest BCUT2D eigenvalue weighted by Gasteiger charge is 2.10. The summed E-state index contributed by atoms with van der Waals surface area (Å²) in [6.45, 7) is 2.04. The van der Waals surface area contributed by atoms with Crippen molar-refractivity contribution >= 4 is 23.1 Å². The molecule has 0 fully saturated rings. The Bertz CT molecular complexity index is 728. The van der Waals surface area contributed by atoms with Crippen LogP contribution < -0.4 is 5.32 Å². The summed E-state index contributed by atoms with van der Waals surface area (Å²) in [5, 5.41) is 2.64. The third-order valence-corrected chi connectivity index (χ3v) is 2.95. The molecule has 0 unspecified atom stereocenters. The molecule has 3 N–H and O–H groups in total. The van der Waals surface area contributed by atoms with Gasteiger partial charge in [0.25, 0.3) is 0 Å². The van der Waals surface area contributed by atoms with Gasteiger partial charge in [0.2, 0.25) is 6.41 Å². The second-order valence-corrected chi connectivity index (χ2v) is 4.15. The monoisotopic (exact) mass is 255 g/mol. The van der Waals surface area contributed by atoms with Crippen molar-refractivity contribution in [2.24, 2.45) is 0 Å². The Morgan fingerprint density at radius 2 is 2.26 bits per heavy atom. The maximum absolute atomic E-state index is 10.6. The highest BCUT2D eigenvalue weighted by molar-refractivity contribution is 5.94. The Kier molecular flexibility index (Phi) is 2.75. The van der Waals surface area contributed by atoms with Gasteiger partial charge in [0.05, 0.1) is 17.4 Å². The highest BCUT2D eigenvalue weighted by atomic mass is 16.1. The SMILES string of the molecule is CCc1ncc(-c2nc3c(NC=O)cccc3[nH]2)[nH]1. The Morgan fingerprint density at radius 1 is 1.37 bits per heavy atom. The van der Waals surface area contributed by atoms with Crippen LogP contribution in [-0.2, 0) is 11.2 Å². The number of carbonyl (C=O) groups excluding carboxylic acids is 1. The van der Waals surface area contributed by atoms with E-state index in [9.17, 15) is 4.79 Å². The van der Waals surface area contributed by atoms with Gasteiger partial charge in [0.15, 0.2) is 5.82 Å². The molecule has 0 saturated heterocycles. The number of nitrogens with zero attached hydrogens (tertiary/aromatic N) is 2. The molecule has 2 heterocycles. The van der Waals surface area contributed by atoms with Crippen molar-refractivity contribution < 1.29 is 4.79 Å². The van der Waals surface area contributed by atoms with E-state index in [1.54, 1.807) is 6.20 Å². The molecule has 0 aliphatic rings. The van der Waals surface area contributed by atoms with Gasteiger partial charge in [0, 0.05) is 6.42 Å². The Morgan fingerprint density at radius 3 is 3.00 bits per heavy atom. The lowest BCUT2D eigenvalue weighted by atomic mass is 10.3. The maximum Gasteiger partial charge on any atom is 0.211 e. The van der Waals surface area contributed by atoms with Crippen LogP contribution in [0.25, 0.3) is 22.6 Å². The quantitative estimate of drug-likeness (QED) is 0.624. The number of aromatic nitrogens is 4. The minimum Gasteiger partial charge on any atom is -0.339 e. The van der Waals surface area contributed by atoms with Crippen LogP contribution in [0.2, 0.25) is 0 Å². The second kappa shape index (κ2) is 4.56. The van der Waals surface area contributed by atoms with Crippen molar-refractivity contribution in [2.45, 2.75) is 13.3 Å². The number of carbonyl (C=O) groups is 1. The average molecular weight is 255 g/mol. The molecule has 0 spiro atoms. The van der Waals surface area contributed by atoms with Crippen LogP contribution in [-0.4, -0.2) is 26.3 Å². The molecular weight excluding hydrogens is 242 g/mol. The van der Waals surface area contributed by atoms with Crippen LogP contribution in [0.4, 0.5) is 5.69 Å². The summed E-state index contributed by atoms with van der Waals surface area (Å²) in [5.41, 5.74) is 3.13. The largest absolute Gasteiger partial charge is 0.339 e. The van der Waals surface area contributed by atoms with Crippen molar-refractivity contribution in [2.75, 3.05) is 5.32 Å². The number of imidazole rings is 2. The zero-order valence-electron chi connectivity index (χ0n) is 10.4. The summed E-state index contributed by atoms with van der Waals surface area (Å²) in [4.78, 5) is 25.7. The van der Waals surface area contributed by atoms with Crippen molar-refractivity contribution in [3.63, 3.8) is 0 Å². The lowest BCUT2D eigenvalue weighted by molar-refractivity contribution is -0.105. The summed E-state index contributed by atoms with van der Waals surface area (Å²) in [6.07, 6.45) is 3.25. The fourth-order valence-electron chi connectivity index (χ4n) is 2.00.